The average molecular weight is 517 g/mol. The second kappa shape index (κ2) is 9.76. The topological polar surface area (TPSA) is 103 Å². The summed E-state index contributed by atoms with van der Waals surface area (Å²) in [4.78, 5) is 17.2. The molecule has 5 aromatic rings. The Balaban J connectivity index is 1.32. The van der Waals surface area contributed by atoms with Gasteiger partial charge in [-0.3, -0.25) is 9.78 Å². The number of aromatic nitrogens is 3. The van der Waals surface area contributed by atoms with Crippen molar-refractivity contribution in [2.24, 2.45) is 0 Å². The van der Waals surface area contributed by atoms with Gasteiger partial charge in [-0.1, -0.05) is 12.1 Å². The molecule has 0 fully saturated rings. The first kappa shape index (κ1) is 23.5. The van der Waals surface area contributed by atoms with Gasteiger partial charge in [-0.2, -0.15) is 5.10 Å². The molecule has 3 aromatic heterocycles. The quantitative estimate of drug-likeness (QED) is 0.303. The first-order valence-electron chi connectivity index (χ1n) is 10.8. The van der Waals surface area contributed by atoms with Gasteiger partial charge in [0.15, 0.2) is 9.84 Å². The van der Waals surface area contributed by atoms with Gasteiger partial charge in [-0.05, 0) is 54.6 Å². The molecule has 3 heterocycles. The van der Waals surface area contributed by atoms with Gasteiger partial charge in [0.05, 0.1) is 22.3 Å². The van der Waals surface area contributed by atoms with E-state index < -0.39 is 15.7 Å². The Morgan fingerprint density at radius 2 is 1.89 bits per heavy atom. The van der Waals surface area contributed by atoms with E-state index in [4.69, 9.17) is 4.74 Å². The number of fused-ring (bicyclic) bond motifs is 1. The van der Waals surface area contributed by atoms with Crippen LogP contribution in [0.1, 0.15) is 15.4 Å². The monoisotopic (exact) mass is 516 g/mol. The molecule has 0 bridgehead atoms. The zero-order valence-corrected chi connectivity index (χ0v) is 20.7. The summed E-state index contributed by atoms with van der Waals surface area (Å²) in [5.41, 5.74) is 2.21. The van der Waals surface area contributed by atoms with Gasteiger partial charge >= 0.3 is 0 Å². The molecule has 0 saturated heterocycles. The van der Waals surface area contributed by atoms with E-state index in [0.29, 0.717) is 22.1 Å². The molecule has 5 rings (SSSR count). The lowest BCUT2D eigenvalue weighted by Gasteiger charge is -2.09. The van der Waals surface area contributed by atoms with Crippen molar-refractivity contribution < 1.29 is 17.9 Å². The molecule has 0 atom stereocenters. The number of carbonyl (C=O) groups is 1. The van der Waals surface area contributed by atoms with Gasteiger partial charge < -0.3 is 10.1 Å². The minimum Gasteiger partial charge on any atom is -0.457 e. The smallest absolute Gasteiger partial charge is 0.265 e. The van der Waals surface area contributed by atoms with E-state index in [2.05, 4.69) is 15.4 Å². The third kappa shape index (κ3) is 5.35. The molecule has 0 unspecified atom stereocenters. The Morgan fingerprint density at radius 3 is 2.67 bits per heavy atom. The number of pyridine rings is 1. The predicted octanol–water partition coefficient (Wildman–Crippen LogP) is 5.57. The Labute approximate surface area is 211 Å². The van der Waals surface area contributed by atoms with Crippen LogP contribution in [0, 0.1) is 0 Å². The van der Waals surface area contributed by atoms with Crippen molar-refractivity contribution in [3.05, 3.63) is 95.8 Å². The summed E-state index contributed by atoms with van der Waals surface area (Å²) < 4.78 is 31.3. The summed E-state index contributed by atoms with van der Waals surface area (Å²) in [7, 11) is -3.36. The van der Waals surface area contributed by atoms with Crippen molar-refractivity contribution in [2.45, 2.75) is 4.21 Å². The highest BCUT2D eigenvalue weighted by molar-refractivity contribution is 7.92. The van der Waals surface area contributed by atoms with Crippen molar-refractivity contribution in [2.75, 3.05) is 11.6 Å². The summed E-state index contributed by atoms with van der Waals surface area (Å²) in [6, 6.07) is 21.3. The van der Waals surface area contributed by atoms with Crippen molar-refractivity contribution in [1.82, 2.24) is 14.8 Å². The van der Waals surface area contributed by atoms with E-state index >= 15 is 0 Å². The van der Waals surface area contributed by atoms with Crippen LogP contribution in [-0.2, 0) is 9.84 Å². The van der Waals surface area contributed by atoms with Gasteiger partial charge in [-0.25, -0.2) is 13.1 Å². The standard InChI is InChI=1S/C26H20N4O4S2/c1-36(32,33)25-11-10-24(35-25)26(31)29-20-6-4-7-21(15-20)34-22-9-8-18-17-28-30(23(18)16-22)14-12-19-5-2-3-13-27-19/h2-17H,1H3,(H,29,31). The van der Waals surface area contributed by atoms with Crippen LogP contribution >= 0.6 is 11.3 Å². The predicted molar refractivity (Wildman–Crippen MR) is 141 cm³/mol. The molecule has 36 heavy (non-hydrogen) atoms. The number of amides is 1. The number of nitrogens with zero attached hydrogens (tertiary/aromatic N) is 3. The summed E-state index contributed by atoms with van der Waals surface area (Å²) >= 11 is 0.931. The lowest BCUT2D eigenvalue weighted by atomic mass is 10.2. The fraction of sp³-hybridized carbons (Fsp3) is 0.0385. The van der Waals surface area contributed by atoms with E-state index in [9.17, 15) is 13.2 Å². The third-order valence-electron chi connectivity index (χ3n) is 5.14. The van der Waals surface area contributed by atoms with Gasteiger partial charge in [-0.15, -0.1) is 11.3 Å². The largest absolute Gasteiger partial charge is 0.457 e. The Morgan fingerprint density at radius 1 is 1.03 bits per heavy atom. The molecule has 10 heteroatoms. The maximum absolute atomic E-state index is 12.6. The van der Waals surface area contributed by atoms with Crippen LogP contribution in [0.3, 0.4) is 0 Å². The van der Waals surface area contributed by atoms with Crippen LogP contribution < -0.4 is 10.1 Å². The zero-order chi connectivity index (χ0) is 25.1. The maximum Gasteiger partial charge on any atom is 0.265 e. The Kier molecular flexibility index (Phi) is 6.36. The zero-order valence-electron chi connectivity index (χ0n) is 19.0. The molecule has 1 amide bonds. The van der Waals surface area contributed by atoms with Crippen LogP contribution in [0.25, 0.3) is 23.2 Å². The van der Waals surface area contributed by atoms with Crippen LogP contribution in [-0.4, -0.2) is 35.3 Å². The normalized spacial score (nSPS) is 11.7. The molecule has 0 aliphatic carbocycles. The molecule has 0 aliphatic rings. The SMILES string of the molecule is CS(=O)(=O)c1ccc(C(=O)Nc2cccc(Oc3ccc4cnn(C=Cc5ccccn5)c4c3)c2)s1. The number of rotatable bonds is 7. The number of benzene rings is 2. The summed E-state index contributed by atoms with van der Waals surface area (Å²) in [5, 5.41) is 8.15. The summed E-state index contributed by atoms with van der Waals surface area (Å²) in [5.74, 6) is 0.748. The van der Waals surface area contributed by atoms with E-state index in [1.54, 1.807) is 41.3 Å². The number of hydrogen-bond acceptors (Lipinski definition) is 7. The summed E-state index contributed by atoms with van der Waals surface area (Å²) in [6.45, 7) is 0. The number of anilines is 1. The molecule has 1 N–H and O–H groups in total. The van der Waals surface area contributed by atoms with Crippen LogP contribution in [0.5, 0.6) is 11.5 Å². The molecule has 0 saturated carbocycles. The number of hydrogen-bond donors (Lipinski definition) is 1. The van der Waals surface area contributed by atoms with Crippen LogP contribution in [0.2, 0.25) is 0 Å². The minimum atomic E-state index is -3.36. The second-order valence-electron chi connectivity index (χ2n) is 7.85. The summed E-state index contributed by atoms with van der Waals surface area (Å²) in [6.07, 6.45) is 8.33. The average Bonchev–Trinajstić information content (AvgIpc) is 3.51. The molecule has 0 spiro atoms. The highest BCUT2D eigenvalue weighted by Crippen LogP contribution is 2.28. The molecular weight excluding hydrogens is 496 g/mol. The number of nitrogens with one attached hydrogen (secondary N) is 1. The van der Waals surface area contributed by atoms with Crippen LogP contribution in [0.15, 0.2) is 89.4 Å². The van der Waals surface area contributed by atoms with Crippen molar-refractivity contribution in [3.8, 4) is 11.5 Å². The Bertz CT molecular complexity index is 1690. The Hall–Kier alpha value is -4.28. The first-order chi connectivity index (χ1) is 17.3. The highest BCUT2D eigenvalue weighted by Gasteiger charge is 2.15. The number of ether oxygens (including phenoxy) is 1. The molecule has 8 nitrogen and oxygen atoms in total. The molecule has 0 aliphatic heterocycles. The maximum atomic E-state index is 12.6. The lowest BCUT2D eigenvalue weighted by Crippen LogP contribution is -2.10. The van der Waals surface area contributed by atoms with E-state index in [-0.39, 0.29) is 4.21 Å². The van der Waals surface area contributed by atoms with Gasteiger partial charge in [0.25, 0.3) is 5.91 Å². The van der Waals surface area contributed by atoms with Gasteiger partial charge in [0.2, 0.25) is 0 Å². The minimum absolute atomic E-state index is 0.147. The fourth-order valence-corrected chi connectivity index (χ4v) is 5.25. The van der Waals surface area contributed by atoms with Crippen molar-refractivity contribution in [3.63, 3.8) is 0 Å². The lowest BCUT2D eigenvalue weighted by molar-refractivity contribution is 0.103. The molecular formula is C26H20N4O4S2. The van der Waals surface area contributed by atoms with E-state index in [1.807, 2.05) is 48.7 Å². The van der Waals surface area contributed by atoms with E-state index in [0.717, 1.165) is 34.2 Å². The van der Waals surface area contributed by atoms with Crippen molar-refractivity contribution in [1.29, 1.82) is 0 Å². The molecule has 0 radical (unpaired) electrons. The van der Waals surface area contributed by atoms with Crippen LogP contribution in [0.4, 0.5) is 5.69 Å². The highest BCUT2D eigenvalue weighted by atomic mass is 32.2. The number of thiophene rings is 1. The third-order valence-corrected chi connectivity index (χ3v) is 8.05. The first-order valence-corrected chi connectivity index (χ1v) is 13.5. The van der Waals surface area contributed by atoms with E-state index in [1.165, 1.54) is 12.1 Å². The van der Waals surface area contributed by atoms with Crippen molar-refractivity contribution >= 4 is 55.9 Å². The van der Waals surface area contributed by atoms with Gasteiger partial charge in [0.1, 0.15) is 15.7 Å². The number of carbonyl (C=O) groups excluding carboxylic acids is 1. The second-order valence-corrected chi connectivity index (χ2v) is 11.2. The number of sulfone groups is 1. The van der Waals surface area contributed by atoms with Gasteiger partial charge in [0, 0.05) is 41.9 Å². The molecule has 2 aromatic carbocycles. The molecule has 180 valence electrons. The fourth-order valence-electron chi connectivity index (χ4n) is 3.43.